The first-order valence-electron chi connectivity index (χ1n) is 9.01. The van der Waals surface area contributed by atoms with Crippen molar-refractivity contribution in [1.29, 1.82) is 0 Å². The Balaban J connectivity index is 1.79. The van der Waals surface area contributed by atoms with Gasteiger partial charge in [0.25, 0.3) is 0 Å². The van der Waals surface area contributed by atoms with Crippen LogP contribution in [0.3, 0.4) is 0 Å². The van der Waals surface area contributed by atoms with Crippen LogP contribution in [0, 0.1) is 6.92 Å². The van der Waals surface area contributed by atoms with Gasteiger partial charge in [-0.3, -0.25) is 0 Å². The summed E-state index contributed by atoms with van der Waals surface area (Å²) in [4.78, 5) is 12.2. The first kappa shape index (κ1) is 19.6. The van der Waals surface area contributed by atoms with Crippen LogP contribution in [-0.4, -0.2) is 25.8 Å². The number of para-hydroxylation sites is 1. The predicted molar refractivity (Wildman–Crippen MR) is 105 cm³/mol. The van der Waals surface area contributed by atoms with Gasteiger partial charge in [0.1, 0.15) is 18.1 Å². The molecule has 2 amide bonds. The number of rotatable bonds is 8. The highest BCUT2D eigenvalue weighted by Crippen LogP contribution is 2.27. The van der Waals surface area contributed by atoms with Gasteiger partial charge in [-0.2, -0.15) is 0 Å². The minimum atomic E-state index is -0.225. The Hall–Kier alpha value is -2.69. The molecule has 0 saturated heterocycles. The topological polar surface area (TPSA) is 59.6 Å². The maximum absolute atomic E-state index is 12.2. The van der Waals surface area contributed by atoms with Crippen LogP contribution in [0.15, 0.2) is 42.5 Å². The van der Waals surface area contributed by atoms with E-state index in [2.05, 4.69) is 24.5 Å². The number of benzene rings is 2. The Kier molecular flexibility index (Phi) is 7.33. The smallest absolute Gasteiger partial charge is 0.319 e. The molecule has 5 nitrogen and oxygen atoms in total. The Bertz CT molecular complexity index is 712. The Labute approximate surface area is 155 Å². The second-order valence-corrected chi connectivity index (χ2v) is 6.33. The Morgan fingerprint density at radius 3 is 2.31 bits per heavy atom. The lowest BCUT2D eigenvalue weighted by Crippen LogP contribution is -2.32. The van der Waals surface area contributed by atoms with Gasteiger partial charge in [0.2, 0.25) is 0 Å². The number of urea groups is 1. The van der Waals surface area contributed by atoms with Gasteiger partial charge in [-0.25, -0.2) is 4.79 Å². The van der Waals surface area contributed by atoms with Crippen molar-refractivity contribution in [3.63, 3.8) is 0 Å². The van der Waals surface area contributed by atoms with Crippen LogP contribution >= 0.6 is 0 Å². The van der Waals surface area contributed by atoms with Crippen molar-refractivity contribution in [2.45, 2.75) is 33.6 Å². The number of ether oxygens (including phenoxy) is 2. The molecule has 0 radical (unpaired) electrons. The number of carbonyl (C=O) groups is 1. The van der Waals surface area contributed by atoms with Crippen LogP contribution in [0.4, 0.5) is 10.5 Å². The van der Waals surface area contributed by atoms with Gasteiger partial charge < -0.3 is 20.1 Å². The van der Waals surface area contributed by atoms with Crippen LogP contribution < -0.4 is 20.1 Å². The monoisotopic (exact) mass is 356 g/mol. The Morgan fingerprint density at radius 1 is 1.04 bits per heavy atom. The van der Waals surface area contributed by atoms with Crippen molar-refractivity contribution in [3.8, 4) is 11.5 Å². The quantitative estimate of drug-likeness (QED) is 0.673. The van der Waals surface area contributed by atoms with E-state index in [-0.39, 0.29) is 6.03 Å². The lowest BCUT2D eigenvalue weighted by atomic mass is 9.98. The van der Waals surface area contributed by atoms with Crippen LogP contribution in [0.2, 0.25) is 0 Å². The fourth-order valence-corrected chi connectivity index (χ4v) is 2.63. The summed E-state index contributed by atoms with van der Waals surface area (Å²) >= 11 is 0. The van der Waals surface area contributed by atoms with E-state index in [1.165, 1.54) is 0 Å². The molecule has 0 aliphatic heterocycles. The summed E-state index contributed by atoms with van der Waals surface area (Å²) in [5.74, 6) is 1.90. The summed E-state index contributed by atoms with van der Waals surface area (Å²) in [5.41, 5.74) is 3.07. The summed E-state index contributed by atoms with van der Waals surface area (Å²) in [6, 6.07) is 13.3. The minimum absolute atomic E-state index is 0.225. The fourth-order valence-electron chi connectivity index (χ4n) is 2.63. The standard InChI is InChI=1S/C21H28N2O3/c1-5-25-17-9-11-18(12-10-17)26-14-13-22-21(24)23-20-16(4)7-6-8-19(20)15(2)3/h6-12,15H,5,13-14H2,1-4H3,(H2,22,23,24). The first-order chi connectivity index (χ1) is 12.5. The lowest BCUT2D eigenvalue weighted by Gasteiger charge is -2.17. The molecule has 0 aromatic heterocycles. The van der Waals surface area contributed by atoms with Crippen molar-refractivity contribution in [1.82, 2.24) is 5.32 Å². The third-order valence-electron chi connectivity index (χ3n) is 3.96. The Morgan fingerprint density at radius 2 is 1.69 bits per heavy atom. The second-order valence-electron chi connectivity index (χ2n) is 6.33. The average Bonchev–Trinajstić information content (AvgIpc) is 2.62. The summed E-state index contributed by atoms with van der Waals surface area (Å²) in [5, 5.41) is 5.78. The molecule has 0 unspecified atom stereocenters. The van der Waals surface area contributed by atoms with Crippen LogP contribution in [0.1, 0.15) is 37.8 Å². The normalized spacial score (nSPS) is 10.5. The van der Waals surface area contributed by atoms with Gasteiger partial charge in [-0.1, -0.05) is 32.0 Å². The molecule has 0 aliphatic carbocycles. The molecular weight excluding hydrogens is 328 g/mol. The number of anilines is 1. The van der Waals surface area contributed by atoms with E-state index in [1.807, 2.05) is 56.3 Å². The second kappa shape index (κ2) is 9.70. The maximum atomic E-state index is 12.2. The zero-order valence-corrected chi connectivity index (χ0v) is 16.0. The van der Waals surface area contributed by atoms with Crippen molar-refractivity contribution in [2.24, 2.45) is 0 Å². The van der Waals surface area contributed by atoms with Crippen molar-refractivity contribution < 1.29 is 14.3 Å². The largest absolute Gasteiger partial charge is 0.494 e. The highest BCUT2D eigenvalue weighted by atomic mass is 16.5. The van der Waals surface area contributed by atoms with Crippen molar-refractivity contribution >= 4 is 11.7 Å². The molecule has 0 heterocycles. The predicted octanol–water partition coefficient (Wildman–Crippen LogP) is 4.72. The summed E-state index contributed by atoms with van der Waals surface area (Å²) < 4.78 is 11.0. The van der Waals surface area contributed by atoms with Gasteiger partial charge in [0.05, 0.1) is 13.2 Å². The number of hydrogen-bond acceptors (Lipinski definition) is 3. The summed E-state index contributed by atoms with van der Waals surface area (Å²) in [6.07, 6.45) is 0. The molecule has 0 bridgehead atoms. The molecule has 2 aromatic carbocycles. The van der Waals surface area contributed by atoms with E-state index in [0.717, 1.165) is 28.3 Å². The molecule has 2 N–H and O–H groups in total. The number of hydrogen-bond donors (Lipinski definition) is 2. The van der Waals surface area contributed by atoms with Crippen LogP contribution in [0.25, 0.3) is 0 Å². The maximum Gasteiger partial charge on any atom is 0.319 e. The third kappa shape index (κ3) is 5.69. The van der Waals surface area contributed by atoms with E-state index >= 15 is 0 Å². The molecule has 26 heavy (non-hydrogen) atoms. The zero-order chi connectivity index (χ0) is 18.9. The van der Waals surface area contributed by atoms with Crippen molar-refractivity contribution in [3.05, 3.63) is 53.6 Å². The number of nitrogens with one attached hydrogen (secondary N) is 2. The van der Waals surface area contributed by atoms with Crippen molar-refractivity contribution in [2.75, 3.05) is 25.1 Å². The molecule has 0 fully saturated rings. The number of aryl methyl sites for hydroxylation is 1. The molecule has 0 saturated carbocycles. The average molecular weight is 356 g/mol. The fraction of sp³-hybridized carbons (Fsp3) is 0.381. The third-order valence-corrected chi connectivity index (χ3v) is 3.96. The highest BCUT2D eigenvalue weighted by molar-refractivity contribution is 5.91. The molecule has 0 atom stereocenters. The van der Waals surface area contributed by atoms with Crippen LogP contribution in [-0.2, 0) is 0 Å². The summed E-state index contributed by atoms with van der Waals surface area (Å²) in [7, 11) is 0. The molecule has 0 aliphatic rings. The summed E-state index contributed by atoms with van der Waals surface area (Å²) in [6.45, 7) is 9.62. The molecule has 0 spiro atoms. The molecular formula is C21H28N2O3. The number of amides is 2. The van der Waals surface area contributed by atoms with Gasteiger partial charge in [0.15, 0.2) is 0 Å². The zero-order valence-electron chi connectivity index (χ0n) is 16.0. The first-order valence-corrected chi connectivity index (χ1v) is 9.01. The van der Waals surface area contributed by atoms with E-state index < -0.39 is 0 Å². The van der Waals surface area contributed by atoms with Gasteiger partial charge >= 0.3 is 6.03 Å². The van der Waals surface area contributed by atoms with E-state index in [1.54, 1.807) is 0 Å². The highest BCUT2D eigenvalue weighted by Gasteiger charge is 2.11. The SMILES string of the molecule is CCOc1ccc(OCCNC(=O)Nc2c(C)cccc2C(C)C)cc1. The van der Waals surface area contributed by atoms with Gasteiger partial charge in [-0.05, 0) is 55.2 Å². The van der Waals surface area contributed by atoms with E-state index in [0.29, 0.717) is 25.7 Å². The molecule has 5 heteroatoms. The molecule has 2 aromatic rings. The van der Waals surface area contributed by atoms with Crippen LogP contribution in [0.5, 0.6) is 11.5 Å². The van der Waals surface area contributed by atoms with E-state index in [4.69, 9.17) is 9.47 Å². The van der Waals surface area contributed by atoms with Gasteiger partial charge in [-0.15, -0.1) is 0 Å². The molecule has 2 rings (SSSR count). The molecule has 140 valence electrons. The van der Waals surface area contributed by atoms with E-state index in [9.17, 15) is 4.79 Å². The number of carbonyl (C=O) groups excluding carboxylic acids is 1. The lowest BCUT2D eigenvalue weighted by molar-refractivity contribution is 0.247. The van der Waals surface area contributed by atoms with Gasteiger partial charge in [0, 0.05) is 5.69 Å². The minimum Gasteiger partial charge on any atom is -0.494 e.